The van der Waals surface area contributed by atoms with Crippen LogP contribution in [0.3, 0.4) is 0 Å². The summed E-state index contributed by atoms with van der Waals surface area (Å²) in [5, 5.41) is 4.77. The highest BCUT2D eigenvalue weighted by atomic mass is 32.2. The zero-order valence-corrected chi connectivity index (χ0v) is 19.0. The van der Waals surface area contributed by atoms with Crippen molar-refractivity contribution in [2.45, 2.75) is 44.4 Å². The summed E-state index contributed by atoms with van der Waals surface area (Å²) in [7, 11) is -2.86. The second-order valence-electron chi connectivity index (χ2n) is 6.37. The number of rotatable bonds is 12. The van der Waals surface area contributed by atoms with Crippen LogP contribution in [0, 0.1) is 0 Å². The molecule has 10 heteroatoms. The smallest absolute Gasteiger partial charge is 0.492 e. The summed E-state index contributed by atoms with van der Waals surface area (Å²) in [4.78, 5) is 11.2. The quantitative estimate of drug-likeness (QED) is 0.339. The summed E-state index contributed by atoms with van der Waals surface area (Å²) in [5.74, 6) is 0.408. The van der Waals surface area contributed by atoms with Gasteiger partial charge in [0.15, 0.2) is 0 Å². The number of ether oxygens (including phenoxy) is 3. The molecule has 8 nitrogen and oxygen atoms in total. The molecule has 166 valence electrons. The van der Waals surface area contributed by atoms with Gasteiger partial charge in [-0.25, -0.2) is 13.2 Å². The zero-order valence-electron chi connectivity index (χ0n) is 17.4. The van der Waals surface area contributed by atoms with Gasteiger partial charge in [-0.3, -0.25) is 4.72 Å². The molecule has 0 radical (unpaired) electrons. The lowest BCUT2D eigenvalue weighted by Crippen LogP contribution is -2.16. The van der Waals surface area contributed by atoms with E-state index in [-0.39, 0.29) is 9.96 Å². The van der Waals surface area contributed by atoms with E-state index in [1.807, 2.05) is 6.92 Å². The lowest BCUT2D eigenvalue weighted by molar-refractivity contribution is 0.122. The summed E-state index contributed by atoms with van der Waals surface area (Å²) in [5.41, 5.74) is 1.15. The fraction of sp³-hybridized carbons (Fsp3) is 0.450. The van der Waals surface area contributed by atoms with Gasteiger partial charge in [-0.05, 0) is 36.9 Å². The Hall–Kier alpha value is -2.46. The number of carbonyl (C=O) groups is 1. The van der Waals surface area contributed by atoms with E-state index in [2.05, 4.69) is 21.7 Å². The number of unbranched alkanes of at least 4 members (excludes halogenated alkanes) is 3. The van der Waals surface area contributed by atoms with Gasteiger partial charge in [0.05, 0.1) is 19.4 Å². The lowest BCUT2D eigenvalue weighted by Gasteiger charge is -2.15. The van der Waals surface area contributed by atoms with Gasteiger partial charge >= 0.3 is 6.16 Å². The van der Waals surface area contributed by atoms with Crippen molar-refractivity contribution < 1.29 is 27.4 Å². The third-order valence-corrected chi connectivity index (χ3v) is 6.42. The van der Waals surface area contributed by atoms with Crippen LogP contribution < -0.4 is 19.5 Å². The van der Waals surface area contributed by atoms with Crippen molar-refractivity contribution in [2.75, 3.05) is 30.3 Å². The first kappa shape index (κ1) is 23.8. The van der Waals surface area contributed by atoms with Crippen molar-refractivity contribution in [3.63, 3.8) is 0 Å². The minimum atomic E-state index is -4.01. The molecule has 0 unspecified atom stereocenters. The Morgan fingerprint density at radius 2 is 1.93 bits per heavy atom. The number of sulfonamides is 1. The van der Waals surface area contributed by atoms with Crippen LogP contribution in [-0.4, -0.2) is 34.8 Å². The maximum Gasteiger partial charge on any atom is 0.514 e. The molecule has 0 saturated carbocycles. The molecule has 0 aliphatic rings. The van der Waals surface area contributed by atoms with E-state index in [0.29, 0.717) is 18.0 Å². The van der Waals surface area contributed by atoms with Gasteiger partial charge in [0, 0.05) is 18.3 Å². The van der Waals surface area contributed by atoms with E-state index in [1.165, 1.54) is 24.3 Å². The molecule has 0 atom stereocenters. The van der Waals surface area contributed by atoms with Gasteiger partial charge < -0.3 is 19.5 Å². The number of methoxy groups -OCH3 is 1. The number of thiophene rings is 1. The maximum absolute atomic E-state index is 12.9. The number of benzene rings is 1. The Kier molecular flexibility index (Phi) is 9.25. The molecule has 0 fully saturated rings. The van der Waals surface area contributed by atoms with E-state index in [4.69, 9.17) is 9.47 Å². The Labute approximate surface area is 181 Å². The van der Waals surface area contributed by atoms with Crippen LogP contribution in [0.15, 0.2) is 34.5 Å². The van der Waals surface area contributed by atoms with Gasteiger partial charge in [0.2, 0.25) is 5.06 Å². The largest absolute Gasteiger partial charge is 0.514 e. The lowest BCUT2D eigenvalue weighted by atomic mass is 10.2. The first-order chi connectivity index (χ1) is 14.4. The molecular weight excluding hydrogens is 428 g/mol. The van der Waals surface area contributed by atoms with Gasteiger partial charge in [-0.15, -0.1) is 11.3 Å². The average Bonchev–Trinajstić information content (AvgIpc) is 3.18. The highest BCUT2D eigenvalue weighted by Gasteiger charge is 2.24. The molecule has 2 aromatic rings. The van der Waals surface area contributed by atoms with Crippen LogP contribution in [0.1, 0.15) is 39.5 Å². The molecule has 0 spiro atoms. The van der Waals surface area contributed by atoms with Gasteiger partial charge in [0.1, 0.15) is 10.6 Å². The molecule has 2 N–H and O–H groups in total. The van der Waals surface area contributed by atoms with Crippen LogP contribution >= 0.6 is 11.3 Å². The topological polar surface area (TPSA) is 103 Å². The Morgan fingerprint density at radius 3 is 2.63 bits per heavy atom. The fourth-order valence-electron chi connectivity index (χ4n) is 2.65. The van der Waals surface area contributed by atoms with Crippen molar-refractivity contribution in [1.82, 2.24) is 0 Å². The van der Waals surface area contributed by atoms with Crippen molar-refractivity contribution in [2.24, 2.45) is 0 Å². The number of hydrogen-bond acceptors (Lipinski definition) is 8. The fourth-order valence-corrected chi connectivity index (χ4v) is 4.91. The van der Waals surface area contributed by atoms with E-state index >= 15 is 0 Å². The van der Waals surface area contributed by atoms with E-state index in [0.717, 1.165) is 43.5 Å². The zero-order chi connectivity index (χ0) is 22.0. The Balaban J connectivity index is 2.16. The summed E-state index contributed by atoms with van der Waals surface area (Å²) in [6.07, 6.45) is 3.62. The van der Waals surface area contributed by atoms with Crippen LogP contribution in [0.25, 0.3) is 0 Å². The standard InChI is InChI=1S/C20H28N2O6S2/c1-4-6-7-8-12-21-15-9-10-16(17(14-15)27-5-2)22-30(24,25)18-11-13-29-19(18)28-20(23)26-3/h9-11,13-14,21-22H,4-8,12H2,1-3H3. The van der Waals surface area contributed by atoms with Gasteiger partial charge in [-0.1, -0.05) is 26.2 Å². The van der Waals surface area contributed by atoms with Crippen molar-refractivity contribution in [3.8, 4) is 10.8 Å². The van der Waals surface area contributed by atoms with Crippen molar-refractivity contribution in [1.29, 1.82) is 0 Å². The predicted octanol–water partition coefficient (Wildman–Crippen LogP) is 5.09. The highest BCUT2D eigenvalue weighted by molar-refractivity contribution is 7.93. The third-order valence-electron chi connectivity index (χ3n) is 4.11. The summed E-state index contributed by atoms with van der Waals surface area (Å²) < 4.78 is 43.2. The minimum absolute atomic E-state index is 0.0716. The second kappa shape index (κ2) is 11.7. The summed E-state index contributed by atoms with van der Waals surface area (Å²) >= 11 is 0.979. The van der Waals surface area contributed by atoms with E-state index in [1.54, 1.807) is 18.2 Å². The molecule has 1 heterocycles. The third kappa shape index (κ3) is 6.81. The number of nitrogens with one attached hydrogen (secondary N) is 2. The number of anilines is 2. The second-order valence-corrected chi connectivity index (χ2v) is 8.89. The van der Waals surface area contributed by atoms with Crippen LogP contribution in [-0.2, 0) is 14.8 Å². The molecule has 1 aromatic heterocycles. The predicted molar refractivity (Wildman–Crippen MR) is 118 cm³/mol. The Morgan fingerprint density at radius 1 is 1.13 bits per heavy atom. The maximum atomic E-state index is 12.9. The average molecular weight is 457 g/mol. The molecule has 0 bridgehead atoms. The molecule has 30 heavy (non-hydrogen) atoms. The highest BCUT2D eigenvalue weighted by Crippen LogP contribution is 2.35. The van der Waals surface area contributed by atoms with Crippen molar-refractivity contribution in [3.05, 3.63) is 29.6 Å². The molecule has 1 aromatic carbocycles. The number of hydrogen-bond donors (Lipinski definition) is 2. The molecule has 0 aliphatic carbocycles. The van der Waals surface area contributed by atoms with Crippen LogP contribution in [0.4, 0.5) is 16.2 Å². The van der Waals surface area contributed by atoms with Crippen LogP contribution in [0.2, 0.25) is 0 Å². The van der Waals surface area contributed by atoms with E-state index < -0.39 is 16.2 Å². The normalized spacial score (nSPS) is 11.0. The van der Waals surface area contributed by atoms with Crippen molar-refractivity contribution >= 4 is 38.9 Å². The van der Waals surface area contributed by atoms with Gasteiger partial charge in [-0.2, -0.15) is 0 Å². The SMILES string of the molecule is CCCCCCNc1ccc(NS(=O)(=O)c2ccsc2OC(=O)OC)c(OCC)c1. The molecular formula is C20H28N2O6S2. The van der Waals surface area contributed by atoms with Gasteiger partial charge in [0.25, 0.3) is 10.0 Å². The molecule has 0 aliphatic heterocycles. The molecule has 0 amide bonds. The Bertz CT molecular complexity index is 927. The minimum Gasteiger partial charge on any atom is -0.492 e. The van der Waals surface area contributed by atoms with Crippen LogP contribution in [0.5, 0.6) is 10.8 Å². The molecule has 2 rings (SSSR count). The summed E-state index contributed by atoms with van der Waals surface area (Å²) in [6.45, 7) is 5.20. The molecule has 0 saturated heterocycles. The first-order valence-corrected chi connectivity index (χ1v) is 12.1. The first-order valence-electron chi connectivity index (χ1n) is 9.78. The van der Waals surface area contributed by atoms with E-state index in [9.17, 15) is 13.2 Å². The summed E-state index contributed by atoms with van der Waals surface area (Å²) in [6, 6.07) is 6.56. The monoisotopic (exact) mass is 456 g/mol. The number of carbonyl (C=O) groups excluding carboxylic acids is 1.